The van der Waals surface area contributed by atoms with E-state index in [1.165, 1.54) is 11.8 Å². The molecular formula is C25H21N3O4. The number of rotatable bonds is 3. The molecule has 0 saturated heterocycles. The molecule has 1 unspecified atom stereocenters. The number of hydrogen-bond acceptors (Lipinski definition) is 5. The molecule has 2 aromatic carbocycles. The fraction of sp³-hybridized carbons (Fsp3) is 0.160. The molecule has 2 aliphatic rings. The van der Waals surface area contributed by atoms with E-state index in [0.29, 0.717) is 47.4 Å². The Morgan fingerprint density at radius 3 is 2.53 bits per heavy atom. The predicted molar refractivity (Wildman–Crippen MR) is 121 cm³/mol. The summed E-state index contributed by atoms with van der Waals surface area (Å²) in [5.41, 5.74) is 1.22. The fourth-order valence-corrected chi connectivity index (χ4v) is 4.38. The van der Waals surface area contributed by atoms with E-state index in [0.717, 1.165) is 5.56 Å². The van der Waals surface area contributed by atoms with Crippen molar-refractivity contribution in [1.29, 1.82) is 0 Å². The SMILES string of the molecule is C=C1c2ccccc2N(C(C)=O)C1(C(=O)Nc1ccc2c(c1)OCCO2)c1ccccn1. The third-order valence-electron chi connectivity index (χ3n) is 5.72. The average molecular weight is 427 g/mol. The number of hydrogen-bond donors (Lipinski definition) is 1. The normalized spacial score (nSPS) is 18.8. The molecule has 0 radical (unpaired) electrons. The van der Waals surface area contributed by atoms with Gasteiger partial charge in [-0.3, -0.25) is 19.5 Å². The molecule has 3 heterocycles. The van der Waals surface area contributed by atoms with Crippen LogP contribution in [-0.4, -0.2) is 30.0 Å². The van der Waals surface area contributed by atoms with Crippen molar-refractivity contribution in [3.05, 3.63) is 84.7 Å². The van der Waals surface area contributed by atoms with E-state index in [4.69, 9.17) is 9.47 Å². The number of nitrogens with one attached hydrogen (secondary N) is 1. The zero-order valence-electron chi connectivity index (χ0n) is 17.5. The number of ether oxygens (including phenoxy) is 2. The number of pyridine rings is 1. The van der Waals surface area contributed by atoms with Gasteiger partial charge in [-0.1, -0.05) is 30.8 Å². The van der Waals surface area contributed by atoms with Crippen LogP contribution in [0.2, 0.25) is 0 Å². The van der Waals surface area contributed by atoms with E-state index in [-0.39, 0.29) is 5.91 Å². The Morgan fingerprint density at radius 1 is 1.03 bits per heavy atom. The minimum absolute atomic E-state index is 0.293. The molecule has 0 saturated carbocycles. The van der Waals surface area contributed by atoms with Gasteiger partial charge in [0.25, 0.3) is 5.91 Å². The van der Waals surface area contributed by atoms with Crippen LogP contribution in [0, 0.1) is 0 Å². The molecule has 5 rings (SSSR count). The lowest BCUT2D eigenvalue weighted by molar-refractivity contribution is -0.124. The summed E-state index contributed by atoms with van der Waals surface area (Å²) in [6.45, 7) is 6.60. The smallest absolute Gasteiger partial charge is 0.261 e. The van der Waals surface area contributed by atoms with Crippen LogP contribution < -0.4 is 19.7 Å². The molecule has 0 fully saturated rings. The van der Waals surface area contributed by atoms with E-state index >= 15 is 0 Å². The second-order valence-electron chi connectivity index (χ2n) is 7.59. The second kappa shape index (κ2) is 7.53. The van der Waals surface area contributed by atoms with E-state index in [2.05, 4.69) is 16.9 Å². The summed E-state index contributed by atoms with van der Waals surface area (Å²) in [7, 11) is 0. The fourth-order valence-electron chi connectivity index (χ4n) is 4.38. The Labute approximate surface area is 185 Å². The van der Waals surface area contributed by atoms with Gasteiger partial charge in [0.1, 0.15) is 13.2 Å². The van der Waals surface area contributed by atoms with Crippen LogP contribution in [0.5, 0.6) is 11.5 Å². The predicted octanol–water partition coefficient (Wildman–Crippen LogP) is 3.77. The first kappa shape index (κ1) is 19.8. The van der Waals surface area contributed by atoms with Crippen molar-refractivity contribution < 1.29 is 19.1 Å². The van der Waals surface area contributed by atoms with Crippen LogP contribution in [-0.2, 0) is 15.1 Å². The van der Waals surface area contributed by atoms with E-state index < -0.39 is 11.4 Å². The number of amides is 2. The van der Waals surface area contributed by atoms with Crippen molar-refractivity contribution in [2.45, 2.75) is 12.5 Å². The van der Waals surface area contributed by atoms with Gasteiger partial charge in [-0.05, 0) is 35.9 Å². The lowest BCUT2D eigenvalue weighted by Gasteiger charge is -2.37. The lowest BCUT2D eigenvalue weighted by Crippen LogP contribution is -2.54. The van der Waals surface area contributed by atoms with Gasteiger partial charge in [-0.2, -0.15) is 0 Å². The number of para-hydroxylation sites is 1. The molecule has 0 bridgehead atoms. The summed E-state index contributed by atoms with van der Waals surface area (Å²) in [6.07, 6.45) is 1.60. The van der Waals surface area contributed by atoms with Crippen molar-refractivity contribution in [2.75, 3.05) is 23.4 Å². The molecule has 1 aromatic heterocycles. The maximum absolute atomic E-state index is 14.0. The molecule has 2 aliphatic heterocycles. The zero-order chi connectivity index (χ0) is 22.3. The Kier molecular flexibility index (Phi) is 4.66. The van der Waals surface area contributed by atoms with E-state index in [1.807, 2.05) is 24.3 Å². The maximum atomic E-state index is 14.0. The van der Waals surface area contributed by atoms with Gasteiger partial charge in [0.2, 0.25) is 5.91 Å². The first-order chi connectivity index (χ1) is 15.5. The monoisotopic (exact) mass is 427 g/mol. The highest BCUT2D eigenvalue weighted by Gasteiger charge is 2.56. The Hall–Kier alpha value is -4.13. The average Bonchev–Trinajstić information content (AvgIpc) is 3.09. The first-order valence-corrected chi connectivity index (χ1v) is 10.3. The van der Waals surface area contributed by atoms with Gasteiger partial charge in [0, 0.05) is 30.4 Å². The van der Waals surface area contributed by atoms with Gasteiger partial charge in [0.15, 0.2) is 17.0 Å². The van der Waals surface area contributed by atoms with Gasteiger partial charge in [-0.25, -0.2) is 0 Å². The number of benzene rings is 2. The standard InChI is InChI=1S/C25H21N3O4/c1-16-19-7-3-4-8-20(19)28(17(2)29)25(16,23-9-5-6-12-26-23)24(30)27-18-10-11-21-22(15-18)32-14-13-31-21/h3-12,15H,1,13-14H2,2H3,(H,27,30). The summed E-state index contributed by atoms with van der Waals surface area (Å²) in [5.74, 6) is 0.443. The first-order valence-electron chi connectivity index (χ1n) is 10.3. The summed E-state index contributed by atoms with van der Waals surface area (Å²) < 4.78 is 11.2. The zero-order valence-corrected chi connectivity index (χ0v) is 17.5. The molecule has 1 atom stereocenters. The van der Waals surface area contributed by atoms with Gasteiger partial charge < -0.3 is 14.8 Å². The molecule has 3 aromatic rings. The van der Waals surface area contributed by atoms with E-state index in [1.54, 1.807) is 42.6 Å². The molecule has 2 amide bonds. The number of fused-ring (bicyclic) bond motifs is 2. The van der Waals surface area contributed by atoms with Crippen LogP contribution in [0.25, 0.3) is 5.57 Å². The maximum Gasteiger partial charge on any atom is 0.261 e. The van der Waals surface area contributed by atoms with Crippen molar-refractivity contribution in [2.24, 2.45) is 0 Å². The second-order valence-corrected chi connectivity index (χ2v) is 7.59. The number of carbonyl (C=O) groups is 2. The lowest BCUT2D eigenvalue weighted by atomic mass is 9.84. The van der Waals surface area contributed by atoms with Crippen LogP contribution in [0.15, 0.2) is 73.4 Å². The molecule has 7 nitrogen and oxygen atoms in total. The van der Waals surface area contributed by atoms with Crippen molar-refractivity contribution in [3.63, 3.8) is 0 Å². The third kappa shape index (κ3) is 2.85. The van der Waals surface area contributed by atoms with Gasteiger partial charge in [-0.15, -0.1) is 0 Å². The topological polar surface area (TPSA) is 80.8 Å². The van der Waals surface area contributed by atoms with Crippen molar-refractivity contribution in [3.8, 4) is 11.5 Å². The molecule has 0 aliphatic carbocycles. The quantitative estimate of drug-likeness (QED) is 0.688. The Balaban J connectivity index is 1.65. The van der Waals surface area contributed by atoms with E-state index in [9.17, 15) is 9.59 Å². The largest absolute Gasteiger partial charge is 0.486 e. The Bertz CT molecular complexity index is 1240. The highest BCUT2D eigenvalue weighted by Crippen LogP contribution is 2.52. The number of anilines is 2. The number of nitrogens with zero attached hydrogens (tertiary/aromatic N) is 2. The van der Waals surface area contributed by atoms with Crippen molar-refractivity contribution in [1.82, 2.24) is 4.98 Å². The Morgan fingerprint density at radius 2 is 1.78 bits per heavy atom. The number of carbonyl (C=O) groups excluding carboxylic acids is 2. The van der Waals surface area contributed by atoms with Crippen LogP contribution in [0.4, 0.5) is 11.4 Å². The molecule has 32 heavy (non-hydrogen) atoms. The highest BCUT2D eigenvalue weighted by molar-refractivity contribution is 6.20. The number of aromatic nitrogens is 1. The van der Waals surface area contributed by atoms with Crippen LogP contribution >= 0.6 is 0 Å². The summed E-state index contributed by atoms with van der Waals surface area (Å²) >= 11 is 0. The van der Waals surface area contributed by atoms with Crippen LogP contribution in [0.1, 0.15) is 18.2 Å². The molecule has 1 N–H and O–H groups in total. The molecular weight excluding hydrogens is 406 g/mol. The minimum atomic E-state index is -1.54. The summed E-state index contributed by atoms with van der Waals surface area (Å²) in [4.78, 5) is 32.9. The summed E-state index contributed by atoms with van der Waals surface area (Å²) in [5, 5.41) is 2.95. The highest BCUT2D eigenvalue weighted by atomic mass is 16.6. The van der Waals surface area contributed by atoms with Gasteiger partial charge in [0.05, 0.1) is 11.4 Å². The third-order valence-corrected chi connectivity index (χ3v) is 5.72. The molecule has 7 heteroatoms. The van der Waals surface area contributed by atoms with Crippen LogP contribution in [0.3, 0.4) is 0 Å². The van der Waals surface area contributed by atoms with Crippen molar-refractivity contribution >= 4 is 28.8 Å². The molecule has 160 valence electrons. The summed E-state index contributed by atoms with van der Waals surface area (Å²) in [6, 6.07) is 17.8. The van der Waals surface area contributed by atoms with Gasteiger partial charge >= 0.3 is 0 Å². The minimum Gasteiger partial charge on any atom is -0.486 e. The molecule has 0 spiro atoms.